The Morgan fingerprint density at radius 3 is 3.16 bits per heavy atom. The zero-order chi connectivity index (χ0) is 13.2. The molecule has 5 nitrogen and oxygen atoms in total. The lowest BCUT2D eigenvalue weighted by molar-refractivity contribution is 0.190. The summed E-state index contributed by atoms with van der Waals surface area (Å²) in [5.74, 6) is 1.22. The summed E-state index contributed by atoms with van der Waals surface area (Å²) in [4.78, 5) is 6.70. The predicted octanol–water partition coefficient (Wildman–Crippen LogP) is 1.97. The maximum atomic E-state index is 5.97. The average Bonchev–Trinajstić information content (AvgIpc) is 2.89. The normalized spacial score (nSPS) is 20.6. The minimum Gasteiger partial charge on any atom is -0.334 e. The zero-order valence-corrected chi connectivity index (χ0v) is 11.4. The summed E-state index contributed by atoms with van der Waals surface area (Å²) in [6.07, 6.45) is 0. The van der Waals surface area contributed by atoms with Gasteiger partial charge in [-0.05, 0) is 25.2 Å². The van der Waals surface area contributed by atoms with Crippen molar-refractivity contribution in [2.24, 2.45) is 0 Å². The molecule has 1 aromatic heterocycles. The number of nitrogens with zero attached hydrogens (tertiary/aromatic N) is 3. The fraction of sp³-hybridized carbons (Fsp3) is 0.385. The average molecular weight is 279 g/mol. The first-order valence-corrected chi connectivity index (χ1v) is 6.62. The Labute approximate surface area is 116 Å². The molecule has 0 bridgehead atoms. The van der Waals surface area contributed by atoms with E-state index in [0.29, 0.717) is 16.7 Å². The Morgan fingerprint density at radius 2 is 2.37 bits per heavy atom. The molecule has 1 atom stereocenters. The second-order valence-corrected chi connectivity index (χ2v) is 5.11. The van der Waals surface area contributed by atoms with Gasteiger partial charge in [-0.3, -0.25) is 4.90 Å². The molecular weight excluding hydrogens is 264 g/mol. The molecular formula is C13H15ClN4O. The molecule has 0 amide bonds. The van der Waals surface area contributed by atoms with Crippen LogP contribution in [0.25, 0.3) is 11.5 Å². The lowest BCUT2D eigenvalue weighted by Gasteiger charge is -2.30. The van der Waals surface area contributed by atoms with Gasteiger partial charge in [0, 0.05) is 30.2 Å². The van der Waals surface area contributed by atoms with Crippen LogP contribution >= 0.6 is 11.6 Å². The quantitative estimate of drug-likeness (QED) is 0.910. The highest BCUT2D eigenvalue weighted by Gasteiger charge is 2.25. The highest BCUT2D eigenvalue weighted by Crippen LogP contribution is 2.24. The van der Waals surface area contributed by atoms with Crippen LogP contribution < -0.4 is 5.32 Å². The molecule has 19 heavy (non-hydrogen) atoms. The van der Waals surface area contributed by atoms with Gasteiger partial charge >= 0.3 is 0 Å². The Hall–Kier alpha value is -1.43. The fourth-order valence-electron chi connectivity index (χ4n) is 2.20. The highest BCUT2D eigenvalue weighted by atomic mass is 35.5. The summed E-state index contributed by atoms with van der Waals surface area (Å²) < 4.78 is 5.33. The molecule has 0 aliphatic carbocycles. The van der Waals surface area contributed by atoms with E-state index < -0.39 is 0 Å². The number of hydrogen-bond donors (Lipinski definition) is 1. The minimum absolute atomic E-state index is 0.158. The van der Waals surface area contributed by atoms with Gasteiger partial charge in [-0.15, -0.1) is 0 Å². The molecule has 1 N–H and O–H groups in total. The molecule has 2 heterocycles. The maximum absolute atomic E-state index is 5.97. The van der Waals surface area contributed by atoms with Gasteiger partial charge in [0.1, 0.15) is 0 Å². The number of halogens is 1. The molecule has 3 rings (SSSR count). The van der Waals surface area contributed by atoms with E-state index in [1.54, 1.807) is 0 Å². The van der Waals surface area contributed by atoms with E-state index in [-0.39, 0.29) is 6.04 Å². The largest absolute Gasteiger partial charge is 0.334 e. The van der Waals surface area contributed by atoms with Crippen molar-refractivity contribution in [3.05, 3.63) is 35.1 Å². The topological polar surface area (TPSA) is 54.2 Å². The van der Waals surface area contributed by atoms with E-state index in [0.717, 1.165) is 25.2 Å². The maximum Gasteiger partial charge on any atom is 0.258 e. The fourth-order valence-corrected chi connectivity index (χ4v) is 2.39. The van der Waals surface area contributed by atoms with Crippen LogP contribution in [-0.2, 0) is 0 Å². The monoisotopic (exact) mass is 278 g/mol. The molecule has 1 aromatic carbocycles. The van der Waals surface area contributed by atoms with Gasteiger partial charge in [0.15, 0.2) is 5.82 Å². The Kier molecular flexibility index (Phi) is 3.50. The molecule has 1 saturated heterocycles. The molecule has 2 aromatic rings. The summed E-state index contributed by atoms with van der Waals surface area (Å²) in [5.41, 5.74) is 0.845. The Morgan fingerprint density at radius 1 is 1.47 bits per heavy atom. The van der Waals surface area contributed by atoms with Gasteiger partial charge in [-0.2, -0.15) is 4.98 Å². The van der Waals surface area contributed by atoms with Crippen molar-refractivity contribution in [3.63, 3.8) is 0 Å². The van der Waals surface area contributed by atoms with Crippen molar-refractivity contribution in [1.29, 1.82) is 0 Å². The van der Waals surface area contributed by atoms with E-state index in [2.05, 4.69) is 27.4 Å². The molecule has 0 spiro atoms. The molecule has 0 radical (unpaired) electrons. The van der Waals surface area contributed by atoms with Crippen molar-refractivity contribution in [1.82, 2.24) is 20.4 Å². The number of likely N-dealkylation sites (N-methyl/N-ethyl adjacent to an activating group) is 1. The highest BCUT2D eigenvalue weighted by molar-refractivity contribution is 6.30. The summed E-state index contributed by atoms with van der Waals surface area (Å²) in [5, 5.41) is 8.08. The van der Waals surface area contributed by atoms with Crippen molar-refractivity contribution in [3.8, 4) is 11.5 Å². The van der Waals surface area contributed by atoms with Crippen LogP contribution in [0.3, 0.4) is 0 Å². The Bertz CT molecular complexity index is 571. The van der Waals surface area contributed by atoms with Gasteiger partial charge < -0.3 is 9.84 Å². The number of hydrogen-bond acceptors (Lipinski definition) is 5. The van der Waals surface area contributed by atoms with Crippen LogP contribution in [0, 0.1) is 0 Å². The first-order valence-electron chi connectivity index (χ1n) is 6.24. The van der Waals surface area contributed by atoms with E-state index in [4.69, 9.17) is 16.1 Å². The van der Waals surface area contributed by atoms with Crippen LogP contribution in [0.15, 0.2) is 28.8 Å². The van der Waals surface area contributed by atoms with Crippen molar-refractivity contribution in [2.45, 2.75) is 6.04 Å². The molecule has 0 saturated carbocycles. The summed E-state index contributed by atoms with van der Waals surface area (Å²) in [6, 6.07) is 7.58. The number of piperazine rings is 1. The standard InChI is InChI=1S/C13H15ClN4O/c1-18-6-5-15-8-11(18)12-16-13(19-17-12)9-3-2-4-10(14)7-9/h2-4,7,11,15H,5-6,8H2,1H3. The smallest absolute Gasteiger partial charge is 0.258 e. The molecule has 1 unspecified atom stereocenters. The molecule has 1 fully saturated rings. The van der Waals surface area contributed by atoms with Crippen molar-refractivity contribution >= 4 is 11.6 Å². The molecule has 1 aliphatic rings. The minimum atomic E-state index is 0.158. The third-order valence-electron chi connectivity index (χ3n) is 3.32. The molecule has 1 aliphatic heterocycles. The molecule has 6 heteroatoms. The first kappa shape index (κ1) is 12.6. The van der Waals surface area contributed by atoms with Gasteiger partial charge in [0.05, 0.1) is 6.04 Å². The van der Waals surface area contributed by atoms with Gasteiger partial charge in [-0.1, -0.05) is 22.8 Å². The van der Waals surface area contributed by atoms with Crippen LogP contribution in [0.2, 0.25) is 5.02 Å². The predicted molar refractivity (Wildman–Crippen MR) is 73.0 cm³/mol. The summed E-state index contributed by atoms with van der Waals surface area (Å²) in [6.45, 7) is 2.81. The van der Waals surface area contributed by atoms with Crippen LogP contribution in [0.4, 0.5) is 0 Å². The Balaban J connectivity index is 1.86. The lowest BCUT2D eigenvalue weighted by Crippen LogP contribution is -2.44. The van der Waals surface area contributed by atoms with E-state index >= 15 is 0 Å². The van der Waals surface area contributed by atoms with Crippen LogP contribution in [-0.4, -0.2) is 41.7 Å². The lowest BCUT2D eigenvalue weighted by atomic mass is 10.2. The number of benzene rings is 1. The van der Waals surface area contributed by atoms with Crippen LogP contribution in [0.1, 0.15) is 11.9 Å². The van der Waals surface area contributed by atoms with E-state index in [1.165, 1.54) is 0 Å². The number of rotatable bonds is 2. The second kappa shape index (κ2) is 5.28. The summed E-state index contributed by atoms with van der Waals surface area (Å²) in [7, 11) is 2.07. The third-order valence-corrected chi connectivity index (χ3v) is 3.56. The zero-order valence-electron chi connectivity index (χ0n) is 10.6. The van der Waals surface area contributed by atoms with Gasteiger partial charge in [-0.25, -0.2) is 0 Å². The molecule has 100 valence electrons. The summed E-state index contributed by atoms with van der Waals surface area (Å²) >= 11 is 5.97. The van der Waals surface area contributed by atoms with E-state index in [1.807, 2.05) is 24.3 Å². The number of aromatic nitrogens is 2. The van der Waals surface area contributed by atoms with Crippen molar-refractivity contribution < 1.29 is 4.52 Å². The third kappa shape index (κ3) is 2.63. The second-order valence-electron chi connectivity index (χ2n) is 4.67. The van der Waals surface area contributed by atoms with Gasteiger partial charge in [0.25, 0.3) is 5.89 Å². The SMILES string of the molecule is CN1CCNCC1c1noc(-c2cccc(Cl)c2)n1. The van der Waals surface area contributed by atoms with Gasteiger partial charge in [0.2, 0.25) is 0 Å². The van der Waals surface area contributed by atoms with Crippen LogP contribution in [0.5, 0.6) is 0 Å². The first-order chi connectivity index (χ1) is 9.24. The van der Waals surface area contributed by atoms with Crippen molar-refractivity contribution in [2.75, 3.05) is 26.7 Å². The van der Waals surface area contributed by atoms with E-state index in [9.17, 15) is 0 Å². The number of nitrogens with one attached hydrogen (secondary N) is 1.